The third-order valence-corrected chi connectivity index (χ3v) is 7.18. The van der Waals surface area contributed by atoms with Crippen molar-refractivity contribution in [2.24, 2.45) is 4.99 Å². The molecular formula is C29H29Cl2N5O4. The number of benzene rings is 2. The summed E-state index contributed by atoms with van der Waals surface area (Å²) in [4.78, 5) is 39.3. The molecule has 5 rings (SSSR count). The maximum atomic E-state index is 14.3. The van der Waals surface area contributed by atoms with Gasteiger partial charge in [-0.15, -0.1) is 0 Å². The molecule has 1 saturated heterocycles. The first kappa shape index (κ1) is 27.7. The molecule has 2 aliphatic heterocycles. The number of carbonyl (C=O) groups excluding carboxylic acids is 2. The number of amidine groups is 1. The predicted molar refractivity (Wildman–Crippen MR) is 153 cm³/mol. The van der Waals surface area contributed by atoms with Crippen LogP contribution in [0.3, 0.4) is 0 Å². The van der Waals surface area contributed by atoms with Gasteiger partial charge >= 0.3 is 6.03 Å². The molecule has 0 saturated carbocycles. The van der Waals surface area contributed by atoms with E-state index in [1.165, 1.54) is 4.90 Å². The van der Waals surface area contributed by atoms with Gasteiger partial charge in [-0.3, -0.25) is 14.7 Å². The zero-order valence-corrected chi connectivity index (χ0v) is 23.7. The number of hydrogen-bond donors (Lipinski definition) is 1. The van der Waals surface area contributed by atoms with Crippen LogP contribution in [0.2, 0.25) is 10.0 Å². The van der Waals surface area contributed by atoms with E-state index < -0.39 is 12.1 Å². The van der Waals surface area contributed by atoms with Gasteiger partial charge in [-0.25, -0.2) is 9.78 Å². The first-order chi connectivity index (χ1) is 19.4. The molecule has 1 N–H and O–H groups in total. The zero-order valence-electron chi connectivity index (χ0n) is 22.1. The normalized spacial score (nSPS) is 18.8. The molecule has 0 spiro atoms. The van der Waals surface area contributed by atoms with Crippen molar-refractivity contribution in [1.29, 1.82) is 0 Å². The predicted octanol–water partition coefficient (Wildman–Crippen LogP) is 5.28. The molecule has 0 radical (unpaired) electrons. The third kappa shape index (κ3) is 5.71. The summed E-state index contributed by atoms with van der Waals surface area (Å²) in [5.74, 6) is 1.06. The van der Waals surface area contributed by atoms with E-state index in [0.717, 1.165) is 11.1 Å². The Morgan fingerprint density at radius 1 is 1.00 bits per heavy atom. The number of pyridine rings is 1. The first-order valence-corrected chi connectivity index (χ1v) is 13.8. The smallest absolute Gasteiger partial charge is 0.326 e. The first-order valence-electron chi connectivity index (χ1n) is 13.1. The highest BCUT2D eigenvalue weighted by molar-refractivity contribution is 6.30. The molecule has 2 aromatic carbocycles. The summed E-state index contributed by atoms with van der Waals surface area (Å²) in [6, 6.07) is 15.1. The Kier molecular flexibility index (Phi) is 8.42. The Balaban J connectivity index is 1.69. The second-order valence-electron chi connectivity index (χ2n) is 9.25. The molecule has 9 nitrogen and oxygen atoms in total. The molecule has 11 heteroatoms. The lowest BCUT2D eigenvalue weighted by molar-refractivity contribution is -0.123. The number of urea groups is 1. The Labute approximate surface area is 242 Å². The summed E-state index contributed by atoms with van der Waals surface area (Å²) >= 11 is 12.4. The van der Waals surface area contributed by atoms with Gasteiger partial charge in [0.05, 0.1) is 24.8 Å². The summed E-state index contributed by atoms with van der Waals surface area (Å²) in [6.07, 6.45) is 1.61. The van der Waals surface area contributed by atoms with Gasteiger partial charge in [-0.1, -0.05) is 47.5 Å². The highest BCUT2D eigenvalue weighted by Gasteiger charge is 2.45. The molecule has 0 unspecified atom stereocenters. The number of nitrogens with zero attached hydrogens (tertiary/aromatic N) is 4. The van der Waals surface area contributed by atoms with Crippen LogP contribution >= 0.6 is 23.2 Å². The number of hydrogen-bond acceptors (Lipinski definition) is 6. The van der Waals surface area contributed by atoms with E-state index in [-0.39, 0.29) is 18.5 Å². The summed E-state index contributed by atoms with van der Waals surface area (Å²) in [7, 11) is 0. The SMILES string of the molecule is CCOc1cc(OCC)c(C2=N[C@H](c3ccc(Cl)cc3)[C@H](c3ccc(Cl)cc3)N2C(=O)N2CCNC(=O)C2)cn1. The molecule has 2 atom stereocenters. The Morgan fingerprint density at radius 3 is 2.27 bits per heavy atom. The fourth-order valence-corrected chi connectivity index (χ4v) is 5.15. The van der Waals surface area contributed by atoms with Crippen LogP contribution < -0.4 is 14.8 Å². The third-order valence-electron chi connectivity index (χ3n) is 6.68. The molecule has 3 amide bonds. The number of aliphatic imine (C=N–C) groups is 1. The van der Waals surface area contributed by atoms with Crippen molar-refractivity contribution in [2.45, 2.75) is 25.9 Å². The number of piperazine rings is 1. The molecule has 2 aliphatic rings. The van der Waals surface area contributed by atoms with Gasteiger partial charge in [0.1, 0.15) is 24.2 Å². The fourth-order valence-electron chi connectivity index (χ4n) is 4.90. The summed E-state index contributed by atoms with van der Waals surface area (Å²) < 4.78 is 11.6. The highest BCUT2D eigenvalue weighted by Crippen LogP contribution is 2.45. The summed E-state index contributed by atoms with van der Waals surface area (Å²) in [5, 5.41) is 3.95. The van der Waals surface area contributed by atoms with E-state index in [4.69, 9.17) is 37.7 Å². The van der Waals surface area contributed by atoms with Crippen LogP contribution in [0.1, 0.15) is 42.6 Å². The maximum absolute atomic E-state index is 14.3. The topological polar surface area (TPSA) is 96.4 Å². The molecule has 3 aromatic rings. The van der Waals surface area contributed by atoms with Crippen LogP contribution in [-0.2, 0) is 4.79 Å². The van der Waals surface area contributed by atoms with Crippen LogP contribution in [0.4, 0.5) is 4.79 Å². The Bertz CT molecular complexity index is 1410. The molecule has 0 aliphatic carbocycles. The van der Waals surface area contributed by atoms with Crippen LogP contribution in [0.5, 0.6) is 11.6 Å². The number of nitrogens with one attached hydrogen (secondary N) is 1. The Morgan fingerprint density at radius 2 is 1.65 bits per heavy atom. The van der Waals surface area contributed by atoms with Gasteiger partial charge in [0.25, 0.3) is 0 Å². The molecular weight excluding hydrogens is 553 g/mol. The molecule has 1 fully saturated rings. The van der Waals surface area contributed by atoms with Crippen LogP contribution in [0, 0.1) is 0 Å². The van der Waals surface area contributed by atoms with Gasteiger partial charge in [-0.2, -0.15) is 0 Å². The van der Waals surface area contributed by atoms with Crippen molar-refractivity contribution in [3.63, 3.8) is 0 Å². The van der Waals surface area contributed by atoms with Crippen molar-refractivity contribution >= 4 is 41.0 Å². The molecule has 0 bridgehead atoms. The monoisotopic (exact) mass is 581 g/mol. The van der Waals surface area contributed by atoms with Gasteiger partial charge < -0.3 is 19.7 Å². The number of ether oxygens (including phenoxy) is 2. The van der Waals surface area contributed by atoms with E-state index in [1.54, 1.807) is 41.4 Å². The largest absolute Gasteiger partial charge is 0.493 e. The minimum absolute atomic E-state index is 0.0542. The minimum atomic E-state index is -0.549. The highest BCUT2D eigenvalue weighted by atomic mass is 35.5. The van der Waals surface area contributed by atoms with E-state index in [9.17, 15) is 9.59 Å². The van der Waals surface area contributed by atoms with Gasteiger partial charge in [0.15, 0.2) is 0 Å². The number of halogens is 2. The summed E-state index contributed by atoms with van der Waals surface area (Å²) in [6.45, 7) is 5.26. The van der Waals surface area contributed by atoms with Crippen LogP contribution in [-0.4, -0.2) is 65.4 Å². The quantitative estimate of drug-likeness (QED) is 0.409. The second kappa shape index (κ2) is 12.1. The maximum Gasteiger partial charge on any atom is 0.326 e. The second-order valence-corrected chi connectivity index (χ2v) is 10.1. The number of carbonyl (C=O) groups is 2. The van der Waals surface area contributed by atoms with Crippen molar-refractivity contribution < 1.29 is 19.1 Å². The van der Waals surface area contributed by atoms with Gasteiger partial charge in [0, 0.05) is 35.4 Å². The van der Waals surface area contributed by atoms with Crippen molar-refractivity contribution in [1.82, 2.24) is 20.1 Å². The van der Waals surface area contributed by atoms with Crippen LogP contribution in [0.25, 0.3) is 0 Å². The van der Waals surface area contributed by atoms with E-state index >= 15 is 0 Å². The lowest BCUT2D eigenvalue weighted by Gasteiger charge is -2.35. The molecule has 40 heavy (non-hydrogen) atoms. The molecule has 208 valence electrons. The number of rotatable bonds is 7. The Hall–Kier alpha value is -3.82. The van der Waals surface area contributed by atoms with Crippen molar-refractivity contribution in [3.8, 4) is 11.6 Å². The average molecular weight is 582 g/mol. The lowest BCUT2D eigenvalue weighted by atomic mass is 9.93. The van der Waals surface area contributed by atoms with E-state index in [0.29, 0.717) is 59.4 Å². The minimum Gasteiger partial charge on any atom is -0.493 e. The lowest BCUT2D eigenvalue weighted by Crippen LogP contribution is -2.55. The van der Waals surface area contributed by atoms with E-state index in [1.807, 2.05) is 38.1 Å². The van der Waals surface area contributed by atoms with E-state index in [2.05, 4.69) is 10.3 Å². The van der Waals surface area contributed by atoms with Gasteiger partial charge in [-0.05, 0) is 49.2 Å². The fraction of sp³-hybridized carbons (Fsp3) is 0.310. The van der Waals surface area contributed by atoms with Crippen molar-refractivity contribution in [3.05, 3.63) is 87.5 Å². The van der Waals surface area contributed by atoms with Crippen LogP contribution in [0.15, 0.2) is 65.8 Å². The average Bonchev–Trinajstić information content (AvgIpc) is 3.34. The van der Waals surface area contributed by atoms with Gasteiger partial charge in [0.2, 0.25) is 11.8 Å². The standard InChI is InChI=1S/C29H29Cl2N5O4/c1-3-39-23-15-25(40-4-2)33-16-22(23)28-34-26(18-5-9-20(30)10-6-18)27(19-7-11-21(31)12-8-19)36(28)29(38)35-14-13-32-24(37)17-35/h5-12,15-16,26-27H,3-4,13-14,17H2,1-2H3,(H,32,37)/t26-,27+/m1/s1. The number of amides is 3. The molecule has 3 heterocycles. The summed E-state index contributed by atoms with van der Waals surface area (Å²) in [5.41, 5.74) is 2.23. The number of aromatic nitrogens is 1. The zero-order chi connectivity index (χ0) is 28.2. The molecule has 1 aromatic heterocycles. The van der Waals surface area contributed by atoms with Crippen molar-refractivity contribution in [2.75, 3.05) is 32.8 Å².